The van der Waals surface area contributed by atoms with E-state index in [1.807, 2.05) is 6.92 Å². The van der Waals surface area contributed by atoms with Gasteiger partial charge >= 0.3 is 5.97 Å². The summed E-state index contributed by atoms with van der Waals surface area (Å²) in [6.07, 6.45) is 3.67. The third kappa shape index (κ3) is 2.44. The van der Waals surface area contributed by atoms with E-state index in [9.17, 15) is 4.79 Å². The van der Waals surface area contributed by atoms with E-state index in [1.54, 1.807) is 6.07 Å². The molecule has 0 spiro atoms. The summed E-state index contributed by atoms with van der Waals surface area (Å²) in [5.74, 6) is 0.691. The molecule has 0 amide bonds. The number of aromatic nitrogens is 5. The minimum atomic E-state index is -0.364. The molecule has 2 rings (SSSR count). The SMILES string of the molecule is CCc1cc(-n2cnnn2)ncc1OC(C)=O. The van der Waals surface area contributed by atoms with Gasteiger partial charge in [-0.25, -0.2) is 4.98 Å². The van der Waals surface area contributed by atoms with Crippen LogP contribution in [0.15, 0.2) is 18.6 Å². The molecule has 0 radical (unpaired) electrons. The Morgan fingerprint density at radius 1 is 1.53 bits per heavy atom. The Balaban J connectivity index is 2.37. The molecule has 17 heavy (non-hydrogen) atoms. The Morgan fingerprint density at radius 2 is 2.35 bits per heavy atom. The molecule has 0 unspecified atom stereocenters. The van der Waals surface area contributed by atoms with Gasteiger partial charge in [0.1, 0.15) is 6.33 Å². The molecule has 0 saturated carbocycles. The summed E-state index contributed by atoms with van der Waals surface area (Å²) < 4.78 is 6.49. The number of rotatable bonds is 3. The van der Waals surface area contributed by atoms with Crippen molar-refractivity contribution in [2.75, 3.05) is 0 Å². The van der Waals surface area contributed by atoms with Crippen molar-refractivity contribution in [3.05, 3.63) is 24.2 Å². The van der Waals surface area contributed by atoms with Gasteiger partial charge in [0.25, 0.3) is 0 Å². The molecule has 0 aliphatic heterocycles. The van der Waals surface area contributed by atoms with Crippen LogP contribution in [0.5, 0.6) is 5.75 Å². The van der Waals surface area contributed by atoms with Crippen LogP contribution < -0.4 is 4.74 Å². The van der Waals surface area contributed by atoms with Gasteiger partial charge in [0.05, 0.1) is 6.20 Å². The highest BCUT2D eigenvalue weighted by Gasteiger charge is 2.08. The highest BCUT2D eigenvalue weighted by molar-refractivity contribution is 5.69. The quantitative estimate of drug-likeness (QED) is 0.720. The number of ether oxygens (including phenoxy) is 1. The fraction of sp³-hybridized carbons (Fsp3) is 0.300. The molecule has 2 aromatic heterocycles. The fourth-order valence-electron chi connectivity index (χ4n) is 1.39. The van der Waals surface area contributed by atoms with E-state index >= 15 is 0 Å². The molecule has 0 aliphatic carbocycles. The van der Waals surface area contributed by atoms with Crippen LogP contribution in [-0.4, -0.2) is 31.2 Å². The van der Waals surface area contributed by atoms with Crippen LogP contribution in [0.25, 0.3) is 5.82 Å². The Morgan fingerprint density at radius 3 is 2.94 bits per heavy atom. The molecule has 88 valence electrons. The van der Waals surface area contributed by atoms with Crippen molar-refractivity contribution in [2.24, 2.45) is 0 Å². The van der Waals surface area contributed by atoms with Crippen molar-refractivity contribution in [3.8, 4) is 11.6 Å². The van der Waals surface area contributed by atoms with Crippen LogP contribution in [0.3, 0.4) is 0 Å². The topological polar surface area (TPSA) is 82.8 Å². The van der Waals surface area contributed by atoms with Crippen molar-refractivity contribution >= 4 is 5.97 Å². The minimum absolute atomic E-state index is 0.364. The van der Waals surface area contributed by atoms with E-state index in [1.165, 1.54) is 24.1 Å². The first-order valence-corrected chi connectivity index (χ1v) is 5.11. The Labute approximate surface area is 97.4 Å². The third-order valence-electron chi connectivity index (χ3n) is 2.15. The highest BCUT2D eigenvalue weighted by atomic mass is 16.5. The predicted octanol–water partition coefficient (Wildman–Crippen LogP) is 0.545. The first-order chi connectivity index (χ1) is 8.20. The van der Waals surface area contributed by atoms with Crippen molar-refractivity contribution in [1.82, 2.24) is 25.2 Å². The molecule has 0 atom stereocenters. The van der Waals surface area contributed by atoms with E-state index in [0.29, 0.717) is 11.6 Å². The number of carbonyl (C=O) groups is 1. The maximum atomic E-state index is 10.9. The molecule has 7 nitrogen and oxygen atoms in total. The zero-order valence-electron chi connectivity index (χ0n) is 9.49. The van der Waals surface area contributed by atoms with Gasteiger partial charge < -0.3 is 4.74 Å². The number of tetrazole rings is 1. The molecule has 7 heteroatoms. The molecular weight excluding hydrogens is 222 g/mol. The van der Waals surface area contributed by atoms with Gasteiger partial charge in [-0.15, -0.1) is 5.10 Å². The lowest BCUT2D eigenvalue weighted by atomic mass is 10.2. The predicted molar refractivity (Wildman–Crippen MR) is 57.6 cm³/mol. The zero-order valence-corrected chi connectivity index (χ0v) is 9.49. The Bertz CT molecular complexity index is 523. The average molecular weight is 233 g/mol. The van der Waals surface area contributed by atoms with Gasteiger partial charge in [-0.3, -0.25) is 4.79 Å². The maximum Gasteiger partial charge on any atom is 0.308 e. The number of aryl methyl sites for hydroxylation is 1. The summed E-state index contributed by atoms with van der Waals surface area (Å²) in [5, 5.41) is 10.8. The molecule has 0 aliphatic rings. The smallest absolute Gasteiger partial charge is 0.308 e. The second-order valence-electron chi connectivity index (χ2n) is 3.35. The van der Waals surface area contributed by atoms with Crippen molar-refractivity contribution in [1.29, 1.82) is 0 Å². The summed E-state index contributed by atoms with van der Waals surface area (Å²) in [4.78, 5) is 15.0. The minimum Gasteiger partial charge on any atom is -0.425 e. The second kappa shape index (κ2) is 4.69. The maximum absolute atomic E-state index is 10.9. The number of pyridine rings is 1. The van der Waals surface area contributed by atoms with Gasteiger partial charge in [0.2, 0.25) is 0 Å². The molecular formula is C10H11N5O2. The lowest BCUT2D eigenvalue weighted by Gasteiger charge is -2.08. The lowest BCUT2D eigenvalue weighted by molar-refractivity contribution is -0.131. The molecule has 2 heterocycles. The molecule has 0 fully saturated rings. The monoisotopic (exact) mass is 233 g/mol. The number of esters is 1. The number of hydrogen-bond donors (Lipinski definition) is 0. The van der Waals surface area contributed by atoms with Gasteiger partial charge in [0.15, 0.2) is 11.6 Å². The van der Waals surface area contributed by atoms with Gasteiger partial charge in [0, 0.05) is 6.92 Å². The van der Waals surface area contributed by atoms with Gasteiger partial charge in [-0.05, 0) is 28.5 Å². The summed E-state index contributed by atoms with van der Waals surface area (Å²) in [6, 6.07) is 1.79. The second-order valence-corrected chi connectivity index (χ2v) is 3.35. The first kappa shape index (κ1) is 11.2. The van der Waals surface area contributed by atoms with Gasteiger partial charge in [-0.2, -0.15) is 4.68 Å². The highest BCUT2D eigenvalue weighted by Crippen LogP contribution is 2.20. The van der Waals surface area contributed by atoms with Crippen LogP contribution in [0.1, 0.15) is 19.4 Å². The van der Waals surface area contributed by atoms with Gasteiger partial charge in [-0.1, -0.05) is 6.92 Å². The normalized spacial score (nSPS) is 10.2. The van der Waals surface area contributed by atoms with E-state index in [2.05, 4.69) is 20.5 Å². The van der Waals surface area contributed by atoms with Crippen molar-refractivity contribution < 1.29 is 9.53 Å². The standard InChI is InChI=1S/C10H11N5O2/c1-3-8-4-10(15-6-12-13-14-15)11-5-9(8)17-7(2)16/h4-6H,3H2,1-2H3. The molecule has 0 saturated heterocycles. The van der Waals surface area contributed by atoms with E-state index in [0.717, 1.165) is 12.0 Å². The first-order valence-electron chi connectivity index (χ1n) is 5.11. The van der Waals surface area contributed by atoms with Crippen molar-refractivity contribution in [3.63, 3.8) is 0 Å². The summed E-state index contributed by atoms with van der Waals surface area (Å²) in [5.41, 5.74) is 0.876. The third-order valence-corrected chi connectivity index (χ3v) is 2.15. The summed E-state index contributed by atoms with van der Waals surface area (Å²) >= 11 is 0. The van der Waals surface area contributed by atoms with Crippen LogP contribution in [-0.2, 0) is 11.2 Å². The Kier molecular flexibility index (Phi) is 3.08. The number of hydrogen-bond acceptors (Lipinski definition) is 6. The summed E-state index contributed by atoms with van der Waals surface area (Å²) in [6.45, 7) is 3.32. The number of carbonyl (C=O) groups excluding carboxylic acids is 1. The summed E-state index contributed by atoms with van der Waals surface area (Å²) in [7, 11) is 0. The zero-order chi connectivity index (χ0) is 12.3. The lowest BCUT2D eigenvalue weighted by Crippen LogP contribution is -2.06. The largest absolute Gasteiger partial charge is 0.425 e. The molecule has 2 aromatic rings. The van der Waals surface area contributed by atoms with E-state index in [4.69, 9.17) is 4.74 Å². The van der Waals surface area contributed by atoms with Crippen LogP contribution in [0.4, 0.5) is 0 Å². The molecule has 0 N–H and O–H groups in total. The van der Waals surface area contributed by atoms with Crippen LogP contribution >= 0.6 is 0 Å². The number of nitrogens with zero attached hydrogens (tertiary/aromatic N) is 5. The average Bonchev–Trinajstić information content (AvgIpc) is 2.82. The molecule has 0 aromatic carbocycles. The fourth-order valence-corrected chi connectivity index (χ4v) is 1.39. The van der Waals surface area contributed by atoms with E-state index in [-0.39, 0.29) is 5.97 Å². The molecule has 0 bridgehead atoms. The van der Waals surface area contributed by atoms with Crippen molar-refractivity contribution in [2.45, 2.75) is 20.3 Å². The Hall–Kier alpha value is -2.31. The van der Waals surface area contributed by atoms with Crippen LogP contribution in [0, 0.1) is 0 Å². The van der Waals surface area contributed by atoms with E-state index < -0.39 is 0 Å². The van der Waals surface area contributed by atoms with Crippen LogP contribution in [0.2, 0.25) is 0 Å².